The van der Waals surface area contributed by atoms with E-state index in [1.165, 1.54) is 7.11 Å². The Balaban J connectivity index is 2.54. The summed E-state index contributed by atoms with van der Waals surface area (Å²) in [5.74, 6) is 0.118. The summed E-state index contributed by atoms with van der Waals surface area (Å²) < 4.78 is 4.99. The highest BCUT2D eigenvalue weighted by molar-refractivity contribution is 5.90. The third kappa shape index (κ3) is 3.99. The Kier molecular flexibility index (Phi) is 4.76. The molecule has 0 saturated carbocycles. The minimum atomic E-state index is -0.390. The molecule has 0 aliphatic rings. The third-order valence-corrected chi connectivity index (χ3v) is 2.00. The topological polar surface area (TPSA) is 87.0 Å². The molecule has 0 aliphatic carbocycles. The lowest BCUT2D eigenvalue weighted by atomic mass is 10.2. The van der Waals surface area contributed by atoms with Crippen molar-refractivity contribution in [3.63, 3.8) is 0 Å². The lowest BCUT2D eigenvalue weighted by Gasteiger charge is -2.10. The maximum atomic E-state index is 11.5. The number of rotatable bonds is 4. The lowest BCUT2D eigenvalue weighted by Crippen LogP contribution is -2.32. The van der Waals surface area contributed by atoms with Crippen molar-refractivity contribution in [1.29, 1.82) is 5.26 Å². The SMILES string of the molecule is COc1ncccc1NC(=O)NC[C@H](C)C#N. The molecule has 2 N–H and O–H groups in total. The molecule has 0 spiro atoms. The Bertz CT molecular complexity index is 428. The van der Waals surface area contributed by atoms with E-state index in [1.807, 2.05) is 6.07 Å². The van der Waals surface area contributed by atoms with Gasteiger partial charge in [-0.1, -0.05) is 0 Å². The van der Waals surface area contributed by atoms with Crippen LogP contribution in [0, 0.1) is 17.2 Å². The first kappa shape index (κ1) is 12.8. The van der Waals surface area contributed by atoms with Gasteiger partial charge in [-0.25, -0.2) is 9.78 Å². The van der Waals surface area contributed by atoms with E-state index in [-0.39, 0.29) is 5.92 Å². The van der Waals surface area contributed by atoms with Crippen LogP contribution in [0.15, 0.2) is 18.3 Å². The van der Waals surface area contributed by atoms with Crippen LogP contribution in [0.3, 0.4) is 0 Å². The third-order valence-electron chi connectivity index (χ3n) is 2.00. The minimum absolute atomic E-state index is 0.225. The summed E-state index contributed by atoms with van der Waals surface area (Å²) in [6.45, 7) is 2.02. The molecule has 1 aromatic heterocycles. The normalized spacial score (nSPS) is 11.1. The van der Waals surface area contributed by atoms with Gasteiger partial charge in [0.05, 0.1) is 19.1 Å². The number of hydrogen-bond donors (Lipinski definition) is 2. The molecule has 6 nitrogen and oxygen atoms in total. The summed E-state index contributed by atoms with van der Waals surface area (Å²) in [7, 11) is 1.48. The standard InChI is InChI=1S/C11H14N4O2/c1-8(6-12)7-14-11(16)15-9-4-3-5-13-10(9)17-2/h3-5,8H,7H2,1-2H3,(H2,14,15,16)/t8-/m1/s1. The van der Waals surface area contributed by atoms with Crippen LogP contribution in [-0.4, -0.2) is 24.7 Å². The summed E-state index contributed by atoms with van der Waals surface area (Å²) in [6.07, 6.45) is 1.57. The van der Waals surface area contributed by atoms with Crippen molar-refractivity contribution in [1.82, 2.24) is 10.3 Å². The number of nitrogens with one attached hydrogen (secondary N) is 2. The second-order valence-corrected chi connectivity index (χ2v) is 3.43. The van der Waals surface area contributed by atoms with Gasteiger partial charge in [-0.15, -0.1) is 0 Å². The second-order valence-electron chi connectivity index (χ2n) is 3.43. The average molecular weight is 234 g/mol. The molecule has 6 heteroatoms. The van der Waals surface area contributed by atoms with E-state index < -0.39 is 6.03 Å². The molecule has 1 aromatic rings. The number of nitrogens with zero attached hydrogens (tertiary/aromatic N) is 2. The molecule has 0 unspecified atom stereocenters. The van der Waals surface area contributed by atoms with Gasteiger partial charge < -0.3 is 15.4 Å². The second kappa shape index (κ2) is 6.33. The van der Waals surface area contributed by atoms with Crippen molar-refractivity contribution in [3.8, 4) is 11.9 Å². The van der Waals surface area contributed by atoms with Crippen LogP contribution in [0.2, 0.25) is 0 Å². The summed E-state index contributed by atoms with van der Waals surface area (Å²) in [5, 5.41) is 13.7. The van der Waals surface area contributed by atoms with Gasteiger partial charge in [0.15, 0.2) is 0 Å². The molecule has 2 amide bonds. The maximum Gasteiger partial charge on any atom is 0.319 e. The number of amides is 2. The van der Waals surface area contributed by atoms with Crippen molar-refractivity contribution in [2.75, 3.05) is 19.0 Å². The van der Waals surface area contributed by atoms with Crippen LogP contribution in [0.5, 0.6) is 5.88 Å². The Hall–Kier alpha value is -2.29. The molecule has 0 aliphatic heterocycles. The number of nitriles is 1. The number of aromatic nitrogens is 1. The van der Waals surface area contributed by atoms with E-state index in [9.17, 15) is 4.79 Å². The fraction of sp³-hybridized carbons (Fsp3) is 0.364. The molecule has 0 bridgehead atoms. The van der Waals surface area contributed by atoms with E-state index in [1.54, 1.807) is 25.3 Å². The van der Waals surface area contributed by atoms with Gasteiger partial charge >= 0.3 is 6.03 Å². The largest absolute Gasteiger partial charge is 0.480 e. The van der Waals surface area contributed by atoms with E-state index in [2.05, 4.69) is 15.6 Å². The van der Waals surface area contributed by atoms with Crippen molar-refractivity contribution in [2.45, 2.75) is 6.92 Å². The number of carbonyl (C=O) groups is 1. The predicted molar refractivity (Wildman–Crippen MR) is 62.6 cm³/mol. The molecule has 1 heterocycles. The monoisotopic (exact) mass is 234 g/mol. The van der Waals surface area contributed by atoms with E-state index in [0.717, 1.165) is 0 Å². The molecule has 1 atom stereocenters. The van der Waals surface area contributed by atoms with Crippen LogP contribution in [0.25, 0.3) is 0 Å². The Morgan fingerprint density at radius 3 is 3.12 bits per heavy atom. The highest BCUT2D eigenvalue weighted by Crippen LogP contribution is 2.19. The van der Waals surface area contributed by atoms with Gasteiger partial charge in [-0.05, 0) is 19.1 Å². The van der Waals surface area contributed by atoms with Gasteiger partial charge in [0, 0.05) is 12.7 Å². The number of anilines is 1. The van der Waals surface area contributed by atoms with Gasteiger partial charge in [-0.2, -0.15) is 5.26 Å². The highest BCUT2D eigenvalue weighted by atomic mass is 16.5. The van der Waals surface area contributed by atoms with Crippen molar-refractivity contribution in [2.24, 2.45) is 5.92 Å². The van der Waals surface area contributed by atoms with Crippen molar-refractivity contribution in [3.05, 3.63) is 18.3 Å². The number of carbonyl (C=O) groups excluding carboxylic acids is 1. The fourth-order valence-electron chi connectivity index (χ4n) is 1.11. The smallest absolute Gasteiger partial charge is 0.319 e. The van der Waals surface area contributed by atoms with Crippen LogP contribution >= 0.6 is 0 Å². The molecule has 0 saturated heterocycles. The summed E-state index contributed by atoms with van der Waals surface area (Å²) >= 11 is 0. The van der Waals surface area contributed by atoms with Crippen LogP contribution < -0.4 is 15.4 Å². The molecule has 17 heavy (non-hydrogen) atoms. The summed E-state index contributed by atoms with van der Waals surface area (Å²) in [4.78, 5) is 15.4. The Labute approximate surface area is 99.6 Å². The van der Waals surface area contributed by atoms with E-state index in [0.29, 0.717) is 18.1 Å². The number of methoxy groups -OCH3 is 1. The van der Waals surface area contributed by atoms with E-state index >= 15 is 0 Å². The van der Waals surface area contributed by atoms with E-state index in [4.69, 9.17) is 10.00 Å². The van der Waals surface area contributed by atoms with Gasteiger partial charge in [0.1, 0.15) is 5.69 Å². The molecule has 1 rings (SSSR count). The quantitative estimate of drug-likeness (QED) is 0.823. The first-order valence-corrected chi connectivity index (χ1v) is 5.11. The minimum Gasteiger partial charge on any atom is -0.480 e. The first-order chi connectivity index (χ1) is 8.17. The predicted octanol–water partition coefficient (Wildman–Crippen LogP) is 1.37. The number of ether oxygens (including phenoxy) is 1. The van der Waals surface area contributed by atoms with Crippen molar-refractivity contribution < 1.29 is 9.53 Å². The van der Waals surface area contributed by atoms with Crippen LogP contribution in [0.1, 0.15) is 6.92 Å². The molecule has 0 radical (unpaired) electrons. The molecule has 90 valence electrons. The number of urea groups is 1. The zero-order valence-electron chi connectivity index (χ0n) is 9.73. The fourth-order valence-corrected chi connectivity index (χ4v) is 1.11. The van der Waals surface area contributed by atoms with Crippen LogP contribution in [-0.2, 0) is 0 Å². The number of pyridine rings is 1. The molecule has 0 aromatic carbocycles. The zero-order valence-corrected chi connectivity index (χ0v) is 9.73. The number of hydrogen-bond acceptors (Lipinski definition) is 4. The maximum absolute atomic E-state index is 11.5. The Morgan fingerprint density at radius 1 is 1.71 bits per heavy atom. The van der Waals surface area contributed by atoms with Crippen LogP contribution in [0.4, 0.5) is 10.5 Å². The first-order valence-electron chi connectivity index (χ1n) is 5.11. The Morgan fingerprint density at radius 2 is 2.47 bits per heavy atom. The molecular formula is C11H14N4O2. The molecular weight excluding hydrogens is 220 g/mol. The lowest BCUT2D eigenvalue weighted by molar-refractivity contribution is 0.251. The van der Waals surface area contributed by atoms with Gasteiger partial charge in [0.25, 0.3) is 0 Å². The zero-order chi connectivity index (χ0) is 12.7. The van der Waals surface area contributed by atoms with Gasteiger partial charge in [-0.3, -0.25) is 0 Å². The highest BCUT2D eigenvalue weighted by Gasteiger charge is 2.08. The van der Waals surface area contributed by atoms with Gasteiger partial charge in [0.2, 0.25) is 5.88 Å². The summed E-state index contributed by atoms with van der Waals surface area (Å²) in [5.41, 5.74) is 0.483. The average Bonchev–Trinajstić information content (AvgIpc) is 2.36. The molecule has 0 fully saturated rings. The van der Waals surface area contributed by atoms with Crippen molar-refractivity contribution >= 4 is 11.7 Å². The summed E-state index contributed by atoms with van der Waals surface area (Å²) in [6, 6.07) is 5.01.